The first-order valence-electron chi connectivity index (χ1n) is 13.9. The van der Waals surface area contributed by atoms with Gasteiger partial charge in [0.05, 0.1) is 24.8 Å². The molecule has 5 rings (SSSR count). The quantitative estimate of drug-likeness (QED) is 0.456. The van der Waals surface area contributed by atoms with Gasteiger partial charge >= 0.3 is 0 Å². The number of nitrogens with one attached hydrogen (secondary N) is 1. The zero-order chi connectivity index (χ0) is 25.4. The number of aliphatic imine (C=N–C) groups is 2. The number of amidine groups is 1. The summed E-state index contributed by atoms with van der Waals surface area (Å²) < 4.78 is 5.58. The van der Waals surface area contributed by atoms with Crippen molar-refractivity contribution in [2.45, 2.75) is 64.2 Å². The average Bonchev–Trinajstić information content (AvgIpc) is 3.37. The van der Waals surface area contributed by atoms with E-state index in [9.17, 15) is 0 Å². The van der Waals surface area contributed by atoms with E-state index in [0.717, 1.165) is 50.9 Å². The lowest BCUT2D eigenvalue weighted by molar-refractivity contribution is 0.212. The number of hydrogen-bond acceptors (Lipinski definition) is 5. The number of ether oxygens (including phenoxy) is 1. The topological polar surface area (TPSA) is 49.2 Å². The van der Waals surface area contributed by atoms with Gasteiger partial charge in [-0.15, -0.1) is 0 Å². The van der Waals surface area contributed by atoms with Gasteiger partial charge < -0.3 is 15.0 Å². The molecule has 2 fully saturated rings. The standard InChI is InChI=1S/C29H38N4O.C2H6/c1-22-8-10-24(11-9-22)29(14-5-15-29)28-31-21-25(32-28)20-30-16-19-33-17-12-23(13-18-33)26-6-3-4-7-27(26)34-2;1-2/h3-4,6-11,23,30H,5,12-21H2,1-2H3;1-2H3. The number of hydrogen-bond donors (Lipinski definition) is 1. The van der Waals surface area contributed by atoms with Gasteiger partial charge in [0.1, 0.15) is 11.6 Å². The zero-order valence-corrected chi connectivity index (χ0v) is 22.7. The molecule has 194 valence electrons. The number of rotatable bonds is 9. The lowest BCUT2D eigenvalue weighted by atomic mass is 9.63. The lowest BCUT2D eigenvalue weighted by Crippen LogP contribution is -2.41. The minimum atomic E-state index is 0.0568. The third-order valence-electron chi connectivity index (χ3n) is 8.01. The number of para-hydroxylation sites is 1. The molecule has 0 unspecified atom stereocenters. The third-order valence-corrected chi connectivity index (χ3v) is 8.01. The summed E-state index contributed by atoms with van der Waals surface area (Å²) >= 11 is 0. The third kappa shape index (κ3) is 5.90. The van der Waals surface area contributed by atoms with Gasteiger partial charge in [0.25, 0.3) is 0 Å². The van der Waals surface area contributed by atoms with Gasteiger partial charge in [-0.2, -0.15) is 0 Å². The maximum atomic E-state index is 5.58. The molecule has 5 nitrogen and oxygen atoms in total. The highest BCUT2D eigenvalue weighted by Crippen LogP contribution is 2.46. The number of aryl methyl sites for hydroxylation is 1. The second kappa shape index (κ2) is 12.6. The molecule has 1 saturated carbocycles. The summed E-state index contributed by atoms with van der Waals surface area (Å²) in [7, 11) is 1.77. The Morgan fingerprint density at radius 1 is 1.03 bits per heavy atom. The zero-order valence-electron chi connectivity index (χ0n) is 22.7. The van der Waals surface area contributed by atoms with E-state index in [-0.39, 0.29) is 5.41 Å². The van der Waals surface area contributed by atoms with Crippen molar-refractivity contribution in [2.75, 3.05) is 46.4 Å². The number of methoxy groups -OCH3 is 1. The molecule has 1 saturated heterocycles. The molecule has 1 N–H and O–H groups in total. The number of piperidine rings is 1. The Morgan fingerprint density at radius 2 is 1.75 bits per heavy atom. The van der Waals surface area contributed by atoms with Crippen LogP contribution in [0.25, 0.3) is 0 Å². The van der Waals surface area contributed by atoms with E-state index in [0.29, 0.717) is 5.92 Å². The summed E-state index contributed by atoms with van der Waals surface area (Å²) in [5, 5.41) is 3.63. The molecule has 2 aromatic rings. The first-order valence-corrected chi connectivity index (χ1v) is 13.9. The Hall–Kier alpha value is -2.50. The van der Waals surface area contributed by atoms with E-state index in [1.807, 2.05) is 13.8 Å². The van der Waals surface area contributed by atoms with Gasteiger partial charge in [-0.05, 0) is 68.8 Å². The van der Waals surface area contributed by atoms with Gasteiger partial charge in [-0.3, -0.25) is 4.99 Å². The summed E-state index contributed by atoms with van der Waals surface area (Å²) in [5.74, 6) is 2.71. The van der Waals surface area contributed by atoms with Crippen molar-refractivity contribution in [1.82, 2.24) is 10.2 Å². The normalized spacial score (nSPS) is 19.6. The molecule has 0 atom stereocenters. The highest BCUT2D eigenvalue weighted by molar-refractivity contribution is 6.09. The highest BCUT2D eigenvalue weighted by Gasteiger charge is 2.44. The number of benzene rings is 2. The minimum Gasteiger partial charge on any atom is -0.496 e. The van der Waals surface area contributed by atoms with Crippen LogP contribution in [-0.2, 0) is 5.41 Å². The molecular weight excluding hydrogens is 444 g/mol. The van der Waals surface area contributed by atoms with Crippen LogP contribution in [0.15, 0.2) is 58.5 Å². The van der Waals surface area contributed by atoms with Crippen LogP contribution in [0.5, 0.6) is 5.75 Å². The summed E-state index contributed by atoms with van der Waals surface area (Å²) in [6.45, 7) is 12.1. The fourth-order valence-corrected chi connectivity index (χ4v) is 5.73. The summed E-state index contributed by atoms with van der Waals surface area (Å²) in [6.07, 6.45) is 6.01. The van der Waals surface area contributed by atoms with Crippen molar-refractivity contribution in [3.63, 3.8) is 0 Å². The van der Waals surface area contributed by atoms with Crippen molar-refractivity contribution >= 4 is 11.5 Å². The number of nitrogens with zero attached hydrogens (tertiary/aromatic N) is 3. The summed E-state index contributed by atoms with van der Waals surface area (Å²) in [5.41, 5.74) is 5.30. The molecule has 0 spiro atoms. The van der Waals surface area contributed by atoms with E-state index in [4.69, 9.17) is 14.7 Å². The largest absolute Gasteiger partial charge is 0.496 e. The van der Waals surface area contributed by atoms with Crippen LogP contribution in [0.3, 0.4) is 0 Å². The summed E-state index contributed by atoms with van der Waals surface area (Å²) in [4.78, 5) is 12.5. The molecular formula is C31H44N4O. The fourth-order valence-electron chi connectivity index (χ4n) is 5.73. The predicted molar refractivity (Wildman–Crippen MR) is 152 cm³/mol. The fraction of sp³-hybridized carbons (Fsp3) is 0.548. The van der Waals surface area contributed by atoms with Gasteiger partial charge in [0, 0.05) is 19.6 Å². The van der Waals surface area contributed by atoms with Crippen LogP contribution in [-0.4, -0.2) is 62.8 Å². The van der Waals surface area contributed by atoms with Crippen molar-refractivity contribution in [1.29, 1.82) is 0 Å². The van der Waals surface area contributed by atoms with Crippen LogP contribution in [0, 0.1) is 6.92 Å². The maximum absolute atomic E-state index is 5.58. The molecule has 2 aromatic carbocycles. The van der Waals surface area contributed by atoms with Crippen molar-refractivity contribution in [2.24, 2.45) is 9.98 Å². The molecule has 0 amide bonds. The minimum absolute atomic E-state index is 0.0568. The Morgan fingerprint density at radius 3 is 2.42 bits per heavy atom. The molecule has 0 radical (unpaired) electrons. The monoisotopic (exact) mass is 488 g/mol. The smallest absolute Gasteiger partial charge is 0.134 e. The summed E-state index contributed by atoms with van der Waals surface area (Å²) in [6, 6.07) is 17.5. The van der Waals surface area contributed by atoms with E-state index < -0.39 is 0 Å². The van der Waals surface area contributed by atoms with Crippen molar-refractivity contribution in [3.05, 3.63) is 65.2 Å². The van der Waals surface area contributed by atoms with Crippen molar-refractivity contribution in [3.8, 4) is 5.75 Å². The maximum Gasteiger partial charge on any atom is 0.134 e. The first-order chi connectivity index (χ1) is 17.7. The number of likely N-dealkylation sites (tertiary alicyclic amines) is 1. The van der Waals surface area contributed by atoms with Gasteiger partial charge in [-0.1, -0.05) is 68.3 Å². The second-order valence-electron chi connectivity index (χ2n) is 10.2. The van der Waals surface area contributed by atoms with Crippen LogP contribution >= 0.6 is 0 Å². The van der Waals surface area contributed by atoms with E-state index >= 15 is 0 Å². The Kier molecular flexibility index (Phi) is 9.33. The molecule has 36 heavy (non-hydrogen) atoms. The average molecular weight is 489 g/mol. The molecule has 1 aliphatic carbocycles. The Balaban J connectivity index is 0.00000148. The SMILES string of the molecule is CC.COc1ccccc1C1CCN(CCNCC2=NC(C3(c4ccc(C)cc4)CCC3)=NC2)CC1. The van der Waals surface area contributed by atoms with Crippen LogP contribution < -0.4 is 10.1 Å². The van der Waals surface area contributed by atoms with Crippen LogP contribution in [0.2, 0.25) is 0 Å². The molecule has 2 heterocycles. The molecule has 0 aromatic heterocycles. The van der Waals surface area contributed by atoms with Gasteiger partial charge in [0.15, 0.2) is 0 Å². The lowest BCUT2D eigenvalue weighted by Gasteiger charge is -2.41. The highest BCUT2D eigenvalue weighted by atomic mass is 16.5. The van der Waals surface area contributed by atoms with Gasteiger partial charge in [-0.25, -0.2) is 4.99 Å². The van der Waals surface area contributed by atoms with Crippen LogP contribution in [0.4, 0.5) is 0 Å². The molecule has 2 aliphatic heterocycles. The molecule has 5 heteroatoms. The van der Waals surface area contributed by atoms with E-state index in [1.54, 1.807) is 7.11 Å². The predicted octanol–water partition coefficient (Wildman–Crippen LogP) is 5.77. The van der Waals surface area contributed by atoms with Gasteiger partial charge in [0.2, 0.25) is 0 Å². The molecule has 0 bridgehead atoms. The van der Waals surface area contributed by atoms with E-state index in [2.05, 4.69) is 65.7 Å². The second-order valence-corrected chi connectivity index (χ2v) is 10.2. The Labute approximate surface area is 218 Å². The van der Waals surface area contributed by atoms with E-state index in [1.165, 1.54) is 54.5 Å². The first kappa shape index (κ1) is 26.6. The Bertz CT molecular complexity index is 1030. The van der Waals surface area contributed by atoms with Crippen molar-refractivity contribution < 1.29 is 4.74 Å². The van der Waals surface area contributed by atoms with Crippen LogP contribution in [0.1, 0.15) is 68.6 Å². The molecule has 3 aliphatic rings.